The van der Waals surface area contributed by atoms with Gasteiger partial charge in [0.25, 0.3) is 0 Å². The summed E-state index contributed by atoms with van der Waals surface area (Å²) in [6.07, 6.45) is 0.142. The summed E-state index contributed by atoms with van der Waals surface area (Å²) in [7, 11) is -4.14. The molecule has 0 aromatic heterocycles. The van der Waals surface area contributed by atoms with E-state index >= 15 is 0 Å². The van der Waals surface area contributed by atoms with Crippen molar-refractivity contribution < 1.29 is 26.7 Å². The Morgan fingerprint density at radius 1 is 1.27 bits per heavy atom. The molecule has 1 rings (SSSR count). The van der Waals surface area contributed by atoms with Gasteiger partial charge in [-0.3, -0.25) is 4.79 Å². The summed E-state index contributed by atoms with van der Waals surface area (Å²) in [5.74, 6) is -1.01. The average Bonchev–Trinajstić information content (AvgIpc) is 2.38. The molecule has 0 saturated carbocycles. The largest absolute Gasteiger partial charge is 0.480 e. The molecule has 1 aromatic rings. The maximum atomic E-state index is 11.7. The van der Waals surface area contributed by atoms with Crippen molar-refractivity contribution in [2.45, 2.75) is 33.2 Å². The summed E-state index contributed by atoms with van der Waals surface area (Å²) < 4.78 is 32.9. The molecule has 124 valence electrons. The Balaban J connectivity index is 2.65. The maximum Gasteiger partial charge on any atom is 0.449 e. The Bertz CT molecular complexity index is 603. The van der Waals surface area contributed by atoms with Crippen molar-refractivity contribution in [3.05, 3.63) is 29.8 Å². The van der Waals surface area contributed by atoms with Gasteiger partial charge in [-0.25, -0.2) is 4.18 Å². The second kappa shape index (κ2) is 7.08. The monoisotopic (exact) mass is 331 g/mol. The Hall–Kier alpha value is -1.64. The summed E-state index contributed by atoms with van der Waals surface area (Å²) in [4.78, 5) is 10.7. The van der Waals surface area contributed by atoms with Gasteiger partial charge in [-0.05, 0) is 29.5 Å². The van der Waals surface area contributed by atoms with Crippen LogP contribution in [0, 0.1) is 5.41 Å². The van der Waals surface area contributed by atoms with E-state index in [0.29, 0.717) is 5.56 Å². The highest BCUT2D eigenvalue weighted by Gasteiger charge is 2.20. The third kappa shape index (κ3) is 6.88. The number of carboxylic acids is 1. The highest BCUT2D eigenvalue weighted by Crippen LogP contribution is 2.19. The highest BCUT2D eigenvalue weighted by atomic mass is 32.3. The predicted octanol–water partition coefficient (Wildman–Crippen LogP) is 1.33. The topological polar surface area (TPSA) is 116 Å². The molecule has 0 amide bonds. The summed E-state index contributed by atoms with van der Waals surface area (Å²) in [5.41, 5.74) is 5.77. The van der Waals surface area contributed by atoms with Crippen LogP contribution in [-0.2, 0) is 25.8 Å². The molecular formula is C14H21NO6S. The fourth-order valence-corrected chi connectivity index (χ4v) is 2.31. The van der Waals surface area contributed by atoms with E-state index in [2.05, 4.69) is 0 Å². The minimum atomic E-state index is -4.14. The van der Waals surface area contributed by atoms with Crippen molar-refractivity contribution in [2.24, 2.45) is 11.1 Å². The molecule has 0 bridgehead atoms. The summed E-state index contributed by atoms with van der Waals surface area (Å²) in [6, 6.07) is 4.93. The van der Waals surface area contributed by atoms with Crippen molar-refractivity contribution >= 4 is 16.4 Å². The number of hydrogen-bond acceptors (Lipinski definition) is 6. The van der Waals surface area contributed by atoms with E-state index in [1.54, 1.807) is 12.1 Å². The maximum absolute atomic E-state index is 11.7. The Kier molecular flexibility index (Phi) is 5.92. The molecule has 22 heavy (non-hydrogen) atoms. The first-order chi connectivity index (χ1) is 9.98. The van der Waals surface area contributed by atoms with Crippen molar-refractivity contribution in [1.82, 2.24) is 0 Å². The molecule has 0 saturated heterocycles. The van der Waals surface area contributed by atoms with Crippen LogP contribution < -0.4 is 9.92 Å². The molecule has 0 spiro atoms. The van der Waals surface area contributed by atoms with Crippen LogP contribution in [-0.4, -0.2) is 32.1 Å². The minimum absolute atomic E-state index is 0.000875. The van der Waals surface area contributed by atoms with Crippen LogP contribution >= 0.6 is 0 Å². The first-order valence-electron chi connectivity index (χ1n) is 6.65. The van der Waals surface area contributed by atoms with Gasteiger partial charge in [0.2, 0.25) is 0 Å². The highest BCUT2D eigenvalue weighted by molar-refractivity contribution is 7.82. The van der Waals surface area contributed by atoms with E-state index in [-0.39, 0.29) is 24.2 Å². The molecule has 8 heteroatoms. The van der Waals surface area contributed by atoms with E-state index in [1.165, 1.54) is 12.1 Å². The molecule has 0 heterocycles. The van der Waals surface area contributed by atoms with Crippen molar-refractivity contribution in [3.8, 4) is 5.75 Å². The molecule has 1 atom stereocenters. The molecule has 3 N–H and O–H groups in total. The second-order valence-electron chi connectivity index (χ2n) is 6.11. The third-order valence-corrected chi connectivity index (χ3v) is 3.33. The van der Waals surface area contributed by atoms with Gasteiger partial charge in [-0.15, -0.1) is 0 Å². The molecular weight excluding hydrogens is 310 g/mol. The molecule has 0 aliphatic rings. The number of rotatable bonds is 7. The van der Waals surface area contributed by atoms with Gasteiger partial charge in [-0.2, -0.15) is 8.42 Å². The van der Waals surface area contributed by atoms with Gasteiger partial charge in [0.15, 0.2) is 0 Å². The predicted molar refractivity (Wildman–Crippen MR) is 80.7 cm³/mol. The van der Waals surface area contributed by atoms with Gasteiger partial charge in [-0.1, -0.05) is 32.9 Å². The fourth-order valence-electron chi connectivity index (χ4n) is 1.41. The number of carbonyl (C=O) groups is 1. The van der Waals surface area contributed by atoms with E-state index in [1.807, 2.05) is 20.8 Å². The molecule has 0 aliphatic heterocycles. The van der Waals surface area contributed by atoms with Gasteiger partial charge in [0.05, 0.1) is 6.61 Å². The quantitative estimate of drug-likeness (QED) is 0.774. The Morgan fingerprint density at radius 2 is 1.82 bits per heavy atom. The molecule has 0 aliphatic carbocycles. The number of aliphatic carboxylic acids is 1. The zero-order valence-electron chi connectivity index (χ0n) is 12.8. The van der Waals surface area contributed by atoms with E-state index in [9.17, 15) is 13.2 Å². The Labute approximate surface area is 130 Å². The number of carboxylic acid groups (broad SMARTS) is 1. The number of benzene rings is 1. The van der Waals surface area contributed by atoms with E-state index in [0.717, 1.165) is 0 Å². The lowest BCUT2D eigenvalue weighted by molar-refractivity contribution is -0.138. The van der Waals surface area contributed by atoms with Crippen LogP contribution in [0.5, 0.6) is 5.75 Å². The normalized spacial score (nSPS) is 13.6. The fraction of sp³-hybridized carbons (Fsp3) is 0.500. The zero-order valence-corrected chi connectivity index (χ0v) is 13.6. The van der Waals surface area contributed by atoms with E-state index in [4.69, 9.17) is 19.2 Å². The molecule has 0 fully saturated rings. The number of hydrogen-bond donors (Lipinski definition) is 2. The van der Waals surface area contributed by atoms with Crippen molar-refractivity contribution in [1.29, 1.82) is 0 Å². The third-order valence-electron chi connectivity index (χ3n) is 2.53. The molecule has 0 radical (unpaired) electrons. The smallest absolute Gasteiger partial charge is 0.449 e. The number of nitrogens with two attached hydrogens (primary N) is 1. The van der Waals surface area contributed by atoms with Crippen LogP contribution in [0.1, 0.15) is 26.3 Å². The summed E-state index contributed by atoms with van der Waals surface area (Å²) >= 11 is 0. The van der Waals surface area contributed by atoms with E-state index < -0.39 is 22.4 Å². The van der Waals surface area contributed by atoms with Gasteiger partial charge >= 0.3 is 16.4 Å². The summed E-state index contributed by atoms with van der Waals surface area (Å²) in [6.45, 7) is 5.51. The lowest BCUT2D eigenvalue weighted by Gasteiger charge is -2.17. The first kappa shape index (κ1) is 18.4. The van der Waals surface area contributed by atoms with Gasteiger partial charge < -0.3 is 15.0 Å². The molecule has 1 aromatic carbocycles. The molecule has 7 nitrogen and oxygen atoms in total. The van der Waals surface area contributed by atoms with Gasteiger partial charge in [0.1, 0.15) is 11.8 Å². The van der Waals surface area contributed by atoms with Crippen LogP contribution in [0.15, 0.2) is 24.3 Å². The standard InChI is InChI=1S/C14H21NO6S/c1-14(2,3)9-20-22(18,19)21-11-6-4-10(5-7-11)8-12(15)13(16)17/h4-7,12H,8-9,15H2,1-3H3,(H,16,17)/t12-/m1/s1. The van der Waals surface area contributed by atoms with Crippen molar-refractivity contribution in [3.63, 3.8) is 0 Å². The SMILES string of the molecule is CC(C)(C)COS(=O)(=O)Oc1ccc(C[C@@H](N)C(=O)O)cc1. The van der Waals surface area contributed by atoms with Crippen molar-refractivity contribution in [2.75, 3.05) is 6.61 Å². The minimum Gasteiger partial charge on any atom is -0.480 e. The molecule has 0 unspecified atom stereocenters. The lowest BCUT2D eigenvalue weighted by atomic mass is 9.99. The Morgan fingerprint density at radius 3 is 2.27 bits per heavy atom. The first-order valence-corrected chi connectivity index (χ1v) is 7.98. The lowest BCUT2D eigenvalue weighted by Crippen LogP contribution is -2.32. The van der Waals surface area contributed by atoms with Crippen LogP contribution in [0.4, 0.5) is 0 Å². The van der Waals surface area contributed by atoms with Crippen LogP contribution in [0.3, 0.4) is 0 Å². The average molecular weight is 331 g/mol. The second-order valence-corrected chi connectivity index (χ2v) is 7.33. The zero-order chi connectivity index (χ0) is 17.0. The van der Waals surface area contributed by atoms with Crippen LogP contribution in [0.2, 0.25) is 0 Å². The van der Waals surface area contributed by atoms with Gasteiger partial charge in [0, 0.05) is 0 Å². The van der Waals surface area contributed by atoms with Crippen LogP contribution in [0.25, 0.3) is 0 Å². The summed E-state index contributed by atoms with van der Waals surface area (Å²) in [5, 5.41) is 8.73.